The maximum atomic E-state index is 12.1. The summed E-state index contributed by atoms with van der Waals surface area (Å²) in [5.41, 5.74) is -0.0707. The number of thiophene rings is 1. The van der Waals surface area contributed by atoms with Gasteiger partial charge in [-0.1, -0.05) is 0 Å². The number of aromatic nitrogens is 2. The Balaban J connectivity index is 2.12. The molecule has 0 aliphatic carbocycles. The molecule has 2 aromatic rings. The first-order valence-electron chi connectivity index (χ1n) is 6.37. The van der Waals surface area contributed by atoms with Gasteiger partial charge in [-0.3, -0.25) is 14.2 Å². The van der Waals surface area contributed by atoms with Crippen LogP contribution in [0, 0.1) is 0 Å². The van der Waals surface area contributed by atoms with Gasteiger partial charge in [0.2, 0.25) is 5.91 Å². The van der Waals surface area contributed by atoms with Crippen molar-refractivity contribution in [2.24, 2.45) is 0 Å². The topological polar surface area (TPSA) is 55.2 Å². The summed E-state index contributed by atoms with van der Waals surface area (Å²) < 4.78 is 1.51. The maximum absolute atomic E-state index is 12.1. The highest BCUT2D eigenvalue weighted by Crippen LogP contribution is 2.13. The van der Waals surface area contributed by atoms with Crippen LogP contribution in [0.5, 0.6) is 0 Å². The Morgan fingerprint density at radius 2 is 2.16 bits per heavy atom. The molecular weight excluding hydrogens is 262 g/mol. The quantitative estimate of drug-likeness (QED) is 0.837. The van der Waals surface area contributed by atoms with Crippen molar-refractivity contribution in [1.29, 1.82) is 0 Å². The second-order valence-electron chi connectivity index (χ2n) is 4.20. The second kappa shape index (κ2) is 5.97. The first-order valence-corrected chi connectivity index (χ1v) is 7.25. The molecule has 0 saturated heterocycles. The van der Waals surface area contributed by atoms with Crippen LogP contribution >= 0.6 is 11.3 Å². The van der Waals surface area contributed by atoms with Gasteiger partial charge in [-0.2, -0.15) is 0 Å². The van der Waals surface area contributed by atoms with Crippen LogP contribution in [0.4, 0.5) is 0 Å². The number of carbonyl (C=O) groups is 1. The highest BCUT2D eigenvalue weighted by atomic mass is 32.1. The van der Waals surface area contributed by atoms with E-state index >= 15 is 0 Å². The third kappa shape index (κ3) is 2.84. The Hall–Kier alpha value is -1.69. The molecule has 19 heavy (non-hydrogen) atoms. The zero-order valence-corrected chi connectivity index (χ0v) is 11.9. The number of nitrogens with zero attached hydrogens (tertiary/aromatic N) is 3. The molecule has 0 N–H and O–H groups in total. The highest BCUT2D eigenvalue weighted by molar-refractivity contribution is 7.16. The number of aryl methyl sites for hydroxylation is 1. The molecule has 0 aromatic carbocycles. The number of fused-ring (bicyclic) bond motifs is 1. The summed E-state index contributed by atoms with van der Waals surface area (Å²) in [6, 6.07) is 1.78. The molecule has 2 aromatic heterocycles. The van der Waals surface area contributed by atoms with E-state index in [0.717, 1.165) is 4.83 Å². The average molecular weight is 279 g/mol. The van der Waals surface area contributed by atoms with Crippen LogP contribution in [-0.2, 0) is 11.3 Å². The Morgan fingerprint density at radius 1 is 1.42 bits per heavy atom. The molecule has 1 amide bonds. The summed E-state index contributed by atoms with van der Waals surface area (Å²) in [5, 5.41) is 2.48. The zero-order valence-electron chi connectivity index (χ0n) is 11.1. The van der Waals surface area contributed by atoms with E-state index in [0.29, 0.717) is 31.4 Å². The summed E-state index contributed by atoms with van der Waals surface area (Å²) in [6.07, 6.45) is 1.86. The molecule has 5 nitrogen and oxygen atoms in total. The molecule has 0 bridgehead atoms. The van der Waals surface area contributed by atoms with Crippen molar-refractivity contribution in [3.05, 3.63) is 28.1 Å². The molecule has 102 valence electrons. The molecule has 0 aliphatic heterocycles. The van der Waals surface area contributed by atoms with E-state index in [2.05, 4.69) is 4.98 Å². The standard InChI is InChI=1S/C13H17N3O2S/c1-3-15(4-2)11(17)5-7-16-9-14-12-10(13(16)18)6-8-19-12/h6,8-9H,3-5,7H2,1-2H3. The fourth-order valence-corrected chi connectivity index (χ4v) is 2.73. The Bertz CT molecular complexity index is 628. The lowest BCUT2D eigenvalue weighted by atomic mass is 10.3. The molecule has 0 fully saturated rings. The largest absolute Gasteiger partial charge is 0.343 e. The van der Waals surface area contributed by atoms with Gasteiger partial charge in [0.05, 0.1) is 11.7 Å². The van der Waals surface area contributed by atoms with Gasteiger partial charge in [-0.25, -0.2) is 4.98 Å². The molecule has 0 saturated carbocycles. The zero-order chi connectivity index (χ0) is 13.8. The fourth-order valence-electron chi connectivity index (χ4n) is 2.00. The van der Waals surface area contributed by atoms with Crippen molar-refractivity contribution in [2.75, 3.05) is 13.1 Å². The van der Waals surface area contributed by atoms with Crippen molar-refractivity contribution in [3.8, 4) is 0 Å². The summed E-state index contributed by atoms with van der Waals surface area (Å²) in [4.78, 5) is 30.7. The van der Waals surface area contributed by atoms with Crippen molar-refractivity contribution < 1.29 is 4.79 Å². The van der Waals surface area contributed by atoms with Gasteiger partial charge < -0.3 is 4.90 Å². The van der Waals surface area contributed by atoms with E-state index in [1.54, 1.807) is 11.0 Å². The number of carbonyl (C=O) groups excluding carboxylic acids is 1. The smallest absolute Gasteiger partial charge is 0.262 e. The number of hydrogen-bond acceptors (Lipinski definition) is 4. The van der Waals surface area contributed by atoms with Crippen LogP contribution in [0.2, 0.25) is 0 Å². The van der Waals surface area contributed by atoms with Crippen LogP contribution in [0.25, 0.3) is 10.2 Å². The lowest BCUT2D eigenvalue weighted by Gasteiger charge is -2.18. The molecule has 0 atom stereocenters. The monoisotopic (exact) mass is 279 g/mol. The lowest BCUT2D eigenvalue weighted by molar-refractivity contribution is -0.131. The van der Waals surface area contributed by atoms with E-state index in [1.165, 1.54) is 22.2 Å². The second-order valence-corrected chi connectivity index (χ2v) is 5.09. The summed E-state index contributed by atoms with van der Waals surface area (Å²) in [7, 11) is 0. The molecule has 0 unspecified atom stereocenters. The molecular formula is C13H17N3O2S. The predicted molar refractivity (Wildman–Crippen MR) is 76.4 cm³/mol. The van der Waals surface area contributed by atoms with E-state index in [4.69, 9.17) is 0 Å². The average Bonchev–Trinajstić information content (AvgIpc) is 2.88. The molecule has 2 heterocycles. The van der Waals surface area contributed by atoms with Crippen LogP contribution < -0.4 is 5.56 Å². The Kier molecular flexibility index (Phi) is 4.31. The number of amides is 1. The molecule has 2 rings (SSSR count). The minimum absolute atomic E-state index is 0.0707. The van der Waals surface area contributed by atoms with E-state index in [9.17, 15) is 9.59 Å². The van der Waals surface area contributed by atoms with Gasteiger partial charge >= 0.3 is 0 Å². The third-order valence-corrected chi connectivity index (χ3v) is 3.95. The van der Waals surface area contributed by atoms with Crippen molar-refractivity contribution in [3.63, 3.8) is 0 Å². The Labute approximate surface area is 115 Å². The van der Waals surface area contributed by atoms with E-state index < -0.39 is 0 Å². The van der Waals surface area contributed by atoms with Crippen molar-refractivity contribution in [1.82, 2.24) is 14.5 Å². The minimum Gasteiger partial charge on any atom is -0.343 e. The maximum Gasteiger partial charge on any atom is 0.262 e. The first-order chi connectivity index (χ1) is 9.17. The van der Waals surface area contributed by atoms with Gasteiger partial charge in [0, 0.05) is 26.1 Å². The first kappa shape index (κ1) is 13.7. The normalized spacial score (nSPS) is 10.8. The lowest BCUT2D eigenvalue weighted by Crippen LogP contribution is -2.32. The van der Waals surface area contributed by atoms with Crippen molar-refractivity contribution in [2.45, 2.75) is 26.8 Å². The van der Waals surface area contributed by atoms with Gasteiger partial charge in [-0.15, -0.1) is 11.3 Å². The van der Waals surface area contributed by atoms with Crippen LogP contribution in [0.3, 0.4) is 0 Å². The van der Waals surface area contributed by atoms with Gasteiger partial charge in [0.1, 0.15) is 4.83 Å². The van der Waals surface area contributed by atoms with Crippen LogP contribution in [0.1, 0.15) is 20.3 Å². The van der Waals surface area contributed by atoms with Gasteiger partial charge in [0.25, 0.3) is 5.56 Å². The van der Waals surface area contributed by atoms with E-state index in [-0.39, 0.29) is 11.5 Å². The van der Waals surface area contributed by atoms with Gasteiger partial charge in [-0.05, 0) is 25.3 Å². The molecule has 0 aliphatic rings. The minimum atomic E-state index is -0.0707. The summed E-state index contributed by atoms with van der Waals surface area (Å²) in [5.74, 6) is 0.0716. The number of hydrogen-bond donors (Lipinski definition) is 0. The van der Waals surface area contributed by atoms with Crippen molar-refractivity contribution >= 4 is 27.5 Å². The SMILES string of the molecule is CCN(CC)C(=O)CCn1cnc2sccc2c1=O. The third-order valence-electron chi connectivity index (χ3n) is 3.13. The summed E-state index contributed by atoms with van der Waals surface area (Å²) in [6.45, 7) is 5.68. The van der Waals surface area contributed by atoms with Gasteiger partial charge in [0.15, 0.2) is 0 Å². The van der Waals surface area contributed by atoms with Crippen LogP contribution in [-0.4, -0.2) is 33.4 Å². The molecule has 0 radical (unpaired) electrons. The summed E-state index contributed by atoms with van der Waals surface area (Å²) >= 11 is 1.45. The number of rotatable bonds is 5. The molecule has 0 spiro atoms. The van der Waals surface area contributed by atoms with Crippen LogP contribution in [0.15, 0.2) is 22.6 Å². The predicted octanol–water partition coefficient (Wildman–Crippen LogP) is 1.72. The van der Waals surface area contributed by atoms with E-state index in [1.807, 2.05) is 19.2 Å². The fraction of sp³-hybridized carbons (Fsp3) is 0.462. The highest BCUT2D eigenvalue weighted by Gasteiger charge is 2.11. The Morgan fingerprint density at radius 3 is 2.84 bits per heavy atom. The molecule has 6 heteroatoms.